The van der Waals surface area contributed by atoms with Crippen molar-refractivity contribution in [1.29, 1.82) is 0 Å². The normalized spacial score (nSPS) is 12.5. The van der Waals surface area contributed by atoms with Gasteiger partial charge in [-0.1, -0.05) is 6.92 Å². The second-order valence-corrected chi connectivity index (χ2v) is 3.59. The zero-order valence-corrected chi connectivity index (χ0v) is 10.2. The van der Waals surface area contributed by atoms with Crippen LogP contribution in [0, 0.1) is 5.92 Å². The van der Waals surface area contributed by atoms with Crippen LogP contribution in [0.2, 0.25) is 0 Å². The molecule has 0 aromatic rings. The van der Waals surface area contributed by atoms with Gasteiger partial charge in [-0.3, -0.25) is 4.79 Å². The molecule has 1 atom stereocenters. The molecule has 90 valence electrons. The summed E-state index contributed by atoms with van der Waals surface area (Å²) in [6, 6.07) is 0. The molecule has 0 radical (unpaired) electrons. The molecule has 0 aromatic heterocycles. The maximum atomic E-state index is 11.9. The summed E-state index contributed by atoms with van der Waals surface area (Å²) in [5.41, 5.74) is 5.44. The van der Waals surface area contributed by atoms with Crippen LogP contribution < -0.4 is 5.73 Å². The highest BCUT2D eigenvalue weighted by atomic mass is 16.5. The zero-order valence-electron chi connectivity index (χ0n) is 10.2. The third-order valence-electron chi connectivity index (χ3n) is 2.42. The van der Waals surface area contributed by atoms with Crippen LogP contribution in [0.3, 0.4) is 0 Å². The van der Waals surface area contributed by atoms with Gasteiger partial charge in [-0.25, -0.2) is 0 Å². The predicted octanol–water partition coefficient (Wildman–Crippen LogP) is 0.856. The van der Waals surface area contributed by atoms with E-state index in [0.29, 0.717) is 26.3 Å². The molecule has 15 heavy (non-hydrogen) atoms. The zero-order chi connectivity index (χ0) is 11.7. The number of ether oxygens (including phenoxy) is 1. The van der Waals surface area contributed by atoms with Gasteiger partial charge in [0, 0.05) is 25.6 Å². The topological polar surface area (TPSA) is 55.6 Å². The maximum Gasteiger partial charge on any atom is 0.225 e. The van der Waals surface area contributed by atoms with Crippen LogP contribution in [-0.4, -0.2) is 43.7 Å². The number of carbonyl (C=O) groups excluding carboxylic acids is 1. The standard InChI is InChI=1S/C11H24N2O2/c1-4-13(8-9-15-5-2)11(14)10(3)6-7-12/h10H,4-9,12H2,1-3H3. The minimum absolute atomic E-state index is 0.0246. The van der Waals surface area contributed by atoms with E-state index in [-0.39, 0.29) is 11.8 Å². The summed E-state index contributed by atoms with van der Waals surface area (Å²) in [5.74, 6) is 0.208. The number of amides is 1. The Morgan fingerprint density at radius 2 is 2.13 bits per heavy atom. The van der Waals surface area contributed by atoms with E-state index in [2.05, 4.69) is 0 Å². The van der Waals surface area contributed by atoms with Gasteiger partial charge in [0.1, 0.15) is 0 Å². The summed E-state index contributed by atoms with van der Waals surface area (Å²) in [6.45, 7) is 9.16. The van der Waals surface area contributed by atoms with Crippen LogP contribution in [0.15, 0.2) is 0 Å². The van der Waals surface area contributed by atoms with Gasteiger partial charge in [-0.05, 0) is 26.8 Å². The van der Waals surface area contributed by atoms with Gasteiger partial charge in [0.05, 0.1) is 6.61 Å². The van der Waals surface area contributed by atoms with Gasteiger partial charge in [-0.15, -0.1) is 0 Å². The summed E-state index contributed by atoms with van der Waals surface area (Å²) >= 11 is 0. The van der Waals surface area contributed by atoms with Crippen molar-refractivity contribution in [2.75, 3.05) is 32.8 Å². The quantitative estimate of drug-likeness (QED) is 0.612. The van der Waals surface area contributed by atoms with Crippen LogP contribution in [0.4, 0.5) is 0 Å². The highest BCUT2D eigenvalue weighted by Gasteiger charge is 2.17. The van der Waals surface area contributed by atoms with Crippen molar-refractivity contribution < 1.29 is 9.53 Å². The number of carbonyl (C=O) groups is 1. The highest BCUT2D eigenvalue weighted by molar-refractivity contribution is 5.78. The molecule has 0 saturated carbocycles. The van der Waals surface area contributed by atoms with Crippen molar-refractivity contribution in [3.63, 3.8) is 0 Å². The van der Waals surface area contributed by atoms with Crippen LogP contribution in [0.1, 0.15) is 27.2 Å². The lowest BCUT2D eigenvalue weighted by Gasteiger charge is -2.24. The fraction of sp³-hybridized carbons (Fsp3) is 0.909. The van der Waals surface area contributed by atoms with Crippen LogP contribution >= 0.6 is 0 Å². The van der Waals surface area contributed by atoms with Crippen LogP contribution in [0.25, 0.3) is 0 Å². The van der Waals surface area contributed by atoms with E-state index in [9.17, 15) is 4.79 Å². The van der Waals surface area contributed by atoms with Crippen LogP contribution in [-0.2, 0) is 9.53 Å². The predicted molar refractivity (Wildman–Crippen MR) is 61.6 cm³/mol. The second-order valence-electron chi connectivity index (χ2n) is 3.59. The summed E-state index contributed by atoms with van der Waals surface area (Å²) in [6.07, 6.45) is 0.754. The molecule has 0 rings (SSSR count). The van der Waals surface area contributed by atoms with Gasteiger partial charge in [0.15, 0.2) is 0 Å². The van der Waals surface area contributed by atoms with E-state index in [1.807, 2.05) is 25.7 Å². The fourth-order valence-corrected chi connectivity index (χ4v) is 1.43. The molecule has 1 unspecified atom stereocenters. The Balaban J connectivity index is 3.97. The lowest BCUT2D eigenvalue weighted by molar-refractivity contribution is -0.135. The third kappa shape index (κ3) is 5.74. The molecule has 0 saturated heterocycles. The molecule has 0 spiro atoms. The molecule has 4 heteroatoms. The number of likely N-dealkylation sites (N-methyl/N-ethyl adjacent to an activating group) is 1. The summed E-state index contributed by atoms with van der Waals surface area (Å²) in [4.78, 5) is 13.7. The average Bonchev–Trinajstić information content (AvgIpc) is 2.24. The average molecular weight is 216 g/mol. The Labute approximate surface area is 92.8 Å². The molecule has 0 heterocycles. The van der Waals surface area contributed by atoms with E-state index >= 15 is 0 Å². The van der Waals surface area contributed by atoms with Crippen molar-refractivity contribution in [2.45, 2.75) is 27.2 Å². The maximum absolute atomic E-state index is 11.9. The molecule has 0 aliphatic carbocycles. The van der Waals surface area contributed by atoms with Crippen molar-refractivity contribution >= 4 is 5.91 Å². The first-order chi connectivity index (χ1) is 7.17. The minimum atomic E-state index is 0.0246. The third-order valence-corrected chi connectivity index (χ3v) is 2.42. The molecule has 0 aliphatic rings. The van der Waals surface area contributed by atoms with Gasteiger partial charge in [0.2, 0.25) is 5.91 Å². The van der Waals surface area contributed by atoms with E-state index in [1.54, 1.807) is 0 Å². The minimum Gasteiger partial charge on any atom is -0.380 e. The van der Waals surface area contributed by atoms with Gasteiger partial charge in [0.25, 0.3) is 0 Å². The Bertz CT molecular complexity index is 174. The Hall–Kier alpha value is -0.610. The fourth-order valence-electron chi connectivity index (χ4n) is 1.43. The lowest BCUT2D eigenvalue weighted by Crippen LogP contribution is -2.38. The number of nitrogens with two attached hydrogens (primary N) is 1. The first kappa shape index (κ1) is 14.4. The van der Waals surface area contributed by atoms with Crippen molar-refractivity contribution in [3.8, 4) is 0 Å². The van der Waals surface area contributed by atoms with Crippen LogP contribution in [0.5, 0.6) is 0 Å². The molecule has 1 amide bonds. The first-order valence-corrected chi connectivity index (χ1v) is 5.73. The van der Waals surface area contributed by atoms with E-state index in [4.69, 9.17) is 10.5 Å². The second kappa shape index (κ2) is 8.68. The van der Waals surface area contributed by atoms with Gasteiger partial charge in [-0.2, -0.15) is 0 Å². The number of rotatable bonds is 8. The molecule has 2 N–H and O–H groups in total. The highest BCUT2D eigenvalue weighted by Crippen LogP contribution is 2.06. The van der Waals surface area contributed by atoms with Crippen molar-refractivity contribution in [3.05, 3.63) is 0 Å². The molecular formula is C11H24N2O2. The van der Waals surface area contributed by atoms with E-state index in [1.165, 1.54) is 0 Å². The molecule has 0 aromatic carbocycles. The van der Waals surface area contributed by atoms with E-state index in [0.717, 1.165) is 13.0 Å². The Morgan fingerprint density at radius 1 is 1.47 bits per heavy atom. The van der Waals surface area contributed by atoms with Gasteiger partial charge < -0.3 is 15.4 Å². The van der Waals surface area contributed by atoms with Gasteiger partial charge >= 0.3 is 0 Å². The lowest BCUT2D eigenvalue weighted by atomic mass is 10.1. The first-order valence-electron chi connectivity index (χ1n) is 5.73. The van der Waals surface area contributed by atoms with Crippen molar-refractivity contribution in [2.24, 2.45) is 11.7 Å². The van der Waals surface area contributed by atoms with Crippen molar-refractivity contribution in [1.82, 2.24) is 4.90 Å². The molecule has 0 fully saturated rings. The number of nitrogens with zero attached hydrogens (tertiary/aromatic N) is 1. The summed E-state index contributed by atoms with van der Waals surface area (Å²) in [5, 5.41) is 0. The molecule has 4 nitrogen and oxygen atoms in total. The SMILES string of the molecule is CCOCCN(CC)C(=O)C(C)CCN. The largest absolute Gasteiger partial charge is 0.380 e. The summed E-state index contributed by atoms with van der Waals surface area (Å²) < 4.78 is 5.24. The molecule has 0 bridgehead atoms. The smallest absolute Gasteiger partial charge is 0.225 e. The molecular weight excluding hydrogens is 192 g/mol. The number of hydrogen-bond donors (Lipinski definition) is 1. The Kier molecular flexibility index (Phi) is 8.33. The number of hydrogen-bond acceptors (Lipinski definition) is 3. The molecule has 0 aliphatic heterocycles. The summed E-state index contributed by atoms with van der Waals surface area (Å²) in [7, 11) is 0. The Morgan fingerprint density at radius 3 is 2.60 bits per heavy atom. The monoisotopic (exact) mass is 216 g/mol. The van der Waals surface area contributed by atoms with E-state index < -0.39 is 0 Å².